The van der Waals surface area contributed by atoms with E-state index in [1.54, 1.807) is 6.92 Å². The highest BCUT2D eigenvalue weighted by atomic mass is 35.5. The maximum absolute atomic E-state index is 13.1. The van der Waals surface area contributed by atoms with Crippen molar-refractivity contribution >= 4 is 56.5 Å². The van der Waals surface area contributed by atoms with E-state index in [4.69, 9.17) is 33.2 Å². The van der Waals surface area contributed by atoms with Crippen molar-refractivity contribution in [3.8, 4) is 11.8 Å². The molecule has 0 aliphatic carbocycles. The number of nitrogens with zero attached hydrogens (tertiary/aromatic N) is 2. The van der Waals surface area contributed by atoms with Gasteiger partial charge in [0.25, 0.3) is 15.9 Å². The Bertz CT molecular complexity index is 1620. The van der Waals surface area contributed by atoms with Gasteiger partial charge in [0.05, 0.1) is 28.7 Å². The summed E-state index contributed by atoms with van der Waals surface area (Å²) >= 11 is 12.1. The second-order valence-corrected chi connectivity index (χ2v) is 10.5. The fraction of sp³-hybridized carbons (Fsp3) is 0.154. The summed E-state index contributed by atoms with van der Waals surface area (Å²) in [5.41, 5.74) is 1.06. The number of hydrogen-bond acceptors (Lipinski definition) is 8. The predicted octanol–water partition coefficient (Wildman–Crippen LogP) is 3.52. The van der Waals surface area contributed by atoms with Crippen molar-refractivity contribution in [2.24, 2.45) is 4.40 Å². The summed E-state index contributed by atoms with van der Waals surface area (Å²) in [7, 11) is -3.02. The van der Waals surface area contributed by atoms with Crippen LogP contribution in [0.4, 0.5) is 5.69 Å². The average Bonchev–Trinajstić information content (AvgIpc) is 2.88. The second kappa shape index (κ2) is 12.7. The smallest absolute Gasteiger partial charge is 0.281 e. The summed E-state index contributed by atoms with van der Waals surface area (Å²) in [4.78, 5) is 25.5. The van der Waals surface area contributed by atoms with Gasteiger partial charge in [0, 0.05) is 34.3 Å². The Hall–Kier alpha value is -3.95. The third-order valence-electron chi connectivity index (χ3n) is 5.09. The molecule has 3 aromatic carbocycles. The van der Waals surface area contributed by atoms with E-state index in [0.29, 0.717) is 11.3 Å². The molecule has 0 fully saturated rings. The van der Waals surface area contributed by atoms with Crippen molar-refractivity contribution < 1.29 is 32.6 Å². The molecule has 202 valence electrons. The van der Waals surface area contributed by atoms with Gasteiger partial charge in [-0.3, -0.25) is 9.59 Å². The molecule has 0 radical (unpaired) electrons. The Morgan fingerprint density at radius 2 is 1.79 bits per heavy atom. The molecule has 3 aromatic rings. The Balaban J connectivity index is 1.75. The zero-order chi connectivity index (χ0) is 28.7. The maximum atomic E-state index is 13.1. The molecule has 39 heavy (non-hydrogen) atoms. The van der Waals surface area contributed by atoms with Crippen LogP contribution in [0, 0.1) is 18.3 Å². The molecule has 0 aliphatic rings. The minimum Gasteiger partial charge on any atom is -0.860 e. The maximum Gasteiger partial charge on any atom is 0.281 e. The highest BCUT2D eigenvalue weighted by Gasteiger charge is 2.19. The number of ketones is 1. The standard InChI is InChI=1S/C26H21Cl2N3O7S/c1-15-7-20(39(35,36)31-25(33)13-37-2)4-5-22(15)30-24(32)14-38-23-6-3-18(27)11-21(23)26(34)17-8-16(12-29)9-19(28)10-17/h3-11H,13-14H2,1-2H3,(H,30,32)(H,31,33)/p-1. The van der Waals surface area contributed by atoms with Gasteiger partial charge in [-0.05, 0) is 67.1 Å². The van der Waals surface area contributed by atoms with Crippen LogP contribution in [0.2, 0.25) is 10.0 Å². The van der Waals surface area contributed by atoms with Crippen LogP contribution in [0.15, 0.2) is 63.9 Å². The number of methoxy groups -OCH3 is 1. The lowest BCUT2D eigenvalue weighted by Gasteiger charge is -2.13. The molecule has 0 saturated heterocycles. The Morgan fingerprint density at radius 1 is 1.05 bits per heavy atom. The summed E-state index contributed by atoms with van der Waals surface area (Å²) in [5, 5.41) is 23.8. The second-order valence-electron chi connectivity index (χ2n) is 8.02. The average molecular weight is 589 g/mol. The first-order valence-corrected chi connectivity index (χ1v) is 13.2. The highest BCUT2D eigenvalue weighted by molar-refractivity contribution is 7.90. The lowest BCUT2D eigenvalue weighted by Crippen LogP contribution is -2.24. The number of ether oxygens (including phenoxy) is 2. The number of rotatable bonds is 10. The van der Waals surface area contributed by atoms with Crippen molar-refractivity contribution in [1.82, 2.24) is 0 Å². The van der Waals surface area contributed by atoms with Crippen molar-refractivity contribution in [3.05, 3.63) is 86.9 Å². The Kier molecular flexibility index (Phi) is 9.66. The minimum atomic E-state index is -4.25. The summed E-state index contributed by atoms with van der Waals surface area (Å²) in [6.07, 6.45) is 0. The van der Waals surface area contributed by atoms with Gasteiger partial charge in [-0.25, -0.2) is 0 Å². The van der Waals surface area contributed by atoms with E-state index in [9.17, 15) is 23.1 Å². The van der Waals surface area contributed by atoms with Crippen LogP contribution in [0.5, 0.6) is 5.75 Å². The number of benzene rings is 3. The topological polar surface area (TPSA) is 158 Å². The van der Waals surface area contributed by atoms with Crippen LogP contribution in [-0.2, 0) is 19.6 Å². The van der Waals surface area contributed by atoms with Gasteiger partial charge in [0.15, 0.2) is 12.4 Å². The van der Waals surface area contributed by atoms with E-state index in [1.165, 1.54) is 61.7 Å². The fourth-order valence-electron chi connectivity index (χ4n) is 3.35. The quantitative estimate of drug-likeness (QED) is 0.214. The van der Waals surface area contributed by atoms with Crippen molar-refractivity contribution in [3.63, 3.8) is 0 Å². The van der Waals surface area contributed by atoms with Gasteiger partial charge in [-0.2, -0.15) is 18.1 Å². The van der Waals surface area contributed by atoms with Crippen molar-refractivity contribution in [1.29, 1.82) is 5.26 Å². The van der Waals surface area contributed by atoms with Crippen LogP contribution in [-0.4, -0.2) is 46.3 Å². The van der Waals surface area contributed by atoms with E-state index >= 15 is 0 Å². The highest BCUT2D eigenvalue weighted by Crippen LogP contribution is 2.27. The zero-order valence-corrected chi connectivity index (χ0v) is 22.9. The van der Waals surface area contributed by atoms with Gasteiger partial charge in [-0.15, -0.1) is 0 Å². The third kappa shape index (κ3) is 7.78. The molecular formula is C26H20Cl2N3O7S-. The molecule has 0 aliphatic heterocycles. The number of amides is 1. The molecule has 0 heterocycles. The molecular weight excluding hydrogens is 569 g/mol. The van der Waals surface area contributed by atoms with Gasteiger partial charge in [0.2, 0.25) is 0 Å². The summed E-state index contributed by atoms with van der Waals surface area (Å²) in [5.74, 6) is -2.00. The van der Waals surface area contributed by atoms with Crippen LogP contribution in [0.3, 0.4) is 0 Å². The normalized spacial score (nSPS) is 11.5. The van der Waals surface area contributed by atoms with E-state index < -0.39 is 40.8 Å². The number of anilines is 1. The monoisotopic (exact) mass is 588 g/mol. The Morgan fingerprint density at radius 3 is 2.46 bits per heavy atom. The summed E-state index contributed by atoms with van der Waals surface area (Å²) in [6, 6.07) is 14.2. The molecule has 10 nitrogen and oxygen atoms in total. The first-order valence-electron chi connectivity index (χ1n) is 11.0. The van der Waals surface area contributed by atoms with E-state index in [1.807, 2.05) is 6.07 Å². The molecule has 0 saturated carbocycles. The number of aryl methyl sites for hydroxylation is 1. The minimum absolute atomic E-state index is 0.0546. The molecule has 3 rings (SSSR count). The molecule has 0 bridgehead atoms. The number of nitrogens with one attached hydrogen (secondary N) is 1. The lowest BCUT2D eigenvalue weighted by molar-refractivity contribution is -0.221. The molecule has 0 aromatic heterocycles. The fourth-order valence-corrected chi connectivity index (χ4v) is 4.75. The molecule has 0 spiro atoms. The zero-order valence-electron chi connectivity index (χ0n) is 20.5. The van der Waals surface area contributed by atoms with Gasteiger partial charge in [-0.1, -0.05) is 23.2 Å². The first-order chi connectivity index (χ1) is 18.4. The lowest BCUT2D eigenvalue weighted by atomic mass is 10.0. The van der Waals surface area contributed by atoms with Gasteiger partial charge >= 0.3 is 0 Å². The van der Waals surface area contributed by atoms with Gasteiger partial charge in [0.1, 0.15) is 5.75 Å². The van der Waals surface area contributed by atoms with E-state index in [0.717, 1.165) is 0 Å². The SMILES string of the molecule is COC/C([O-])=N\S(=O)(=O)c1ccc(NC(=O)COc2ccc(Cl)cc2C(=O)c2cc(Cl)cc(C#N)c2)c(C)c1. The molecule has 1 amide bonds. The third-order valence-corrected chi connectivity index (χ3v) is 6.84. The van der Waals surface area contributed by atoms with Gasteiger partial charge < -0.3 is 19.9 Å². The van der Waals surface area contributed by atoms with Crippen molar-refractivity contribution in [2.45, 2.75) is 11.8 Å². The number of hydrogen-bond donors (Lipinski definition) is 1. The molecule has 13 heteroatoms. The molecule has 1 N–H and O–H groups in total. The Labute approximate surface area is 234 Å². The van der Waals surface area contributed by atoms with E-state index in [2.05, 4.69) is 14.5 Å². The number of carbonyl (C=O) groups excluding carboxylic acids is 2. The van der Waals surface area contributed by atoms with Crippen LogP contribution < -0.4 is 15.2 Å². The van der Waals surface area contributed by atoms with Crippen LogP contribution >= 0.6 is 23.2 Å². The number of carbonyl (C=O) groups is 2. The predicted molar refractivity (Wildman–Crippen MR) is 143 cm³/mol. The number of sulfonamides is 1. The molecule has 0 atom stereocenters. The van der Waals surface area contributed by atoms with Crippen molar-refractivity contribution in [2.75, 3.05) is 25.6 Å². The largest absolute Gasteiger partial charge is 0.860 e. The number of halogens is 2. The summed E-state index contributed by atoms with van der Waals surface area (Å²) < 4.78 is 38.0. The summed E-state index contributed by atoms with van der Waals surface area (Å²) in [6.45, 7) is 0.581. The van der Waals surface area contributed by atoms with Crippen LogP contribution in [0.25, 0.3) is 0 Å². The van der Waals surface area contributed by atoms with E-state index in [-0.39, 0.29) is 37.4 Å². The first kappa shape index (κ1) is 29.6. The number of nitriles is 1. The van der Waals surface area contributed by atoms with Crippen LogP contribution in [0.1, 0.15) is 27.0 Å². The molecule has 0 unspecified atom stereocenters.